The maximum atomic E-state index is 12.4. The first-order valence-corrected chi connectivity index (χ1v) is 7.41. The highest BCUT2D eigenvalue weighted by atomic mass is 16.2. The molecule has 6 nitrogen and oxygen atoms in total. The van der Waals surface area contributed by atoms with Gasteiger partial charge in [-0.2, -0.15) is 0 Å². The lowest BCUT2D eigenvalue weighted by molar-refractivity contribution is -0.123. The van der Waals surface area contributed by atoms with Crippen molar-refractivity contribution in [2.75, 3.05) is 19.6 Å². The van der Waals surface area contributed by atoms with Crippen LogP contribution in [0.5, 0.6) is 0 Å². The van der Waals surface area contributed by atoms with E-state index in [-0.39, 0.29) is 18.0 Å². The fourth-order valence-electron chi connectivity index (χ4n) is 2.61. The molecule has 2 amide bonds. The lowest BCUT2D eigenvalue weighted by Crippen LogP contribution is -2.50. The van der Waals surface area contributed by atoms with Gasteiger partial charge in [0.15, 0.2) is 0 Å². The molecule has 0 aliphatic carbocycles. The van der Waals surface area contributed by atoms with Crippen molar-refractivity contribution in [2.45, 2.75) is 6.92 Å². The summed E-state index contributed by atoms with van der Waals surface area (Å²) in [6, 6.07) is 11.0. The number of rotatable bonds is 2. The van der Waals surface area contributed by atoms with Gasteiger partial charge in [0.05, 0.1) is 6.54 Å². The van der Waals surface area contributed by atoms with E-state index in [1.54, 1.807) is 6.07 Å². The van der Waals surface area contributed by atoms with Crippen molar-refractivity contribution in [1.29, 1.82) is 0 Å². The standard InChI is InChI=1S/C17H17N3O3/c1-11-3-2-4-12(9-11)14-6-5-13(16(22)19-14)17(23)20-8-7-18-15(21)10-20/h2-6,9H,7-8,10H2,1H3,(H,18,21)(H,19,22). The number of piperazine rings is 1. The molecule has 0 saturated carbocycles. The number of aromatic amines is 1. The lowest BCUT2D eigenvalue weighted by Gasteiger charge is -2.26. The molecule has 1 aliphatic heterocycles. The average Bonchev–Trinajstić information content (AvgIpc) is 2.54. The first kappa shape index (κ1) is 15.0. The zero-order valence-corrected chi connectivity index (χ0v) is 12.8. The van der Waals surface area contributed by atoms with Gasteiger partial charge in [-0.15, -0.1) is 0 Å². The number of carbonyl (C=O) groups is 2. The first-order valence-electron chi connectivity index (χ1n) is 7.41. The van der Waals surface area contributed by atoms with Crippen LogP contribution in [0.1, 0.15) is 15.9 Å². The second kappa shape index (κ2) is 6.08. The quantitative estimate of drug-likeness (QED) is 0.865. The Labute approximate surface area is 133 Å². The molecule has 1 aromatic heterocycles. The van der Waals surface area contributed by atoms with Crippen molar-refractivity contribution in [1.82, 2.24) is 15.2 Å². The molecule has 118 valence electrons. The fraction of sp³-hybridized carbons (Fsp3) is 0.235. The van der Waals surface area contributed by atoms with E-state index in [0.29, 0.717) is 18.8 Å². The summed E-state index contributed by atoms with van der Waals surface area (Å²) in [4.78, 5) is 40.2. The Bertz CT molecular complexity index is 826. The molecule has 0 atom stereocenters. The minimum atomic E-state index is -0.444. The average molecular weight is 311 g/mol. The minimum Gasteiger partial charge on any atom is -0.353 e. The van der Waals surface area contributed by atoms with E-state index >= 15 is 0 Å². The summed E-state index contributed by atoms with van der Waals surface area (Å²) in [7, 11) is 0. The predicted molar refractivity (Wildman–Crippen MR) is 86.1 cm³/mol. The zero-order chi connectivity index (χ0) is 16.4. The number of benzene rings is 1. The van der Waals surface area contributed by atoms with Gasteiger partial charge in [0, 0.05) is 18.8 Å². The van der Waals surface area contributed by atoms with E-state index in [2.05, 4.69) is 10.3 Å². The molecule has 6 heteroatoms. The molecule has 0 bridgehead atoms. The van der Waals surface area contributed by atoms with Crippen molar-refractivity contribution in [2.24, 2.45) is 0 Å². The summed E-state index contributed by atoms with van der Waals surface area (Å²) in [6.07, 6.45) is 0. The number of aryl methyl sites for hydroxylation is 1. The summed E-state index contributed by atoms with van der Waals surface area (Å²) < 4.78 is 0. The Morgan fingerprint density at radius 1 is 1.17 bits per heavy atom. The van der Waals surface area contributed by atoms with Crippen LogP contribution in [0, 0.1) is 6.92 Å². The van der Waals surface area contributed by atoms with Crippen LogP contribution in [-0.2, 0) is 4.79 Å². The van der Waals surface area contributed by atoms with E-state index in [1.807, 2.05) is 31.2 Å². The number of nitrogens with one attached hydrogen (secondary N) is 2. The van der Waals surface area contributed by atoms with E-state index in [4.69, 9.17) is 0 Å². The second-order valence-corrected chi connectivity index (χ2v) is 5.56. The van der Waals surface area contributed by atoms with Crippen molar-refractivity contribution < 1.29 is 9.59 Å². The normalized spacial score (nSPS) is 14.5. The number of pyridine rings is 1. The molecule has 0 spiro atoms. The molecule has 0 radical (unpaired) electrons. The Morgan fingerprint density at radius 3 is 2.70 bits per heavy atom. The maximum Gasteiger partial charge on any atom is 0.261 e. The van der Waals surface area contributed by atoms with E-state index < -0.39 is 11.5 Å². The van der Waals surface area contributed by atoms with Crippen LogP contribution < -0.4 is 10.9 Å². The highest BCUT2D eigenvalue weighted by Gasteiger charge is 2.24. The van der Waals surface area contributed by atoms with Gasteiger partial charge < -0.3 is 15.2 Å². The fourth-order valence-corrected chi connectivity index (χ4v) is 2.61. The van der Waals surface area contributed by atoms with E-state index in [9.17, 15) is 14.4 Å². The number of H-pyrrole nitrogens is 1. The number of carbonyl (C=O) groups excluding carboxylic acids is 2. The summed E-state index contributed by atoms with van der Waals surface area (Å²) in [6.45, 7) is 2.77. The molecule has 1 aromatic carbocycles. The van der Waals surface area contributed by atoms with Crippen molar-refractivity contribution in [3.05, 3.63) is 57.9 Å². The molecule has 1 aliphatic rings. The molecule has 0 unspecified atom stereocenters. The van der Waals surface area contributed by atoms with Crippen molar-refractivity contribution in [3.8, 4) is 11.3 Å². The minimum absolute atomic E-state index is 0.0160. The molecule has 23 heavy (non-hydrogen) atoms. The second-order valence-electron chi connectivity index (χ2n) is 5.56. The van der Waals surface area contributed by atoms with Crippen molar-refractivity contribution in [3.63, 3.8) is 0 Å². The third kappa shape index (κ3) is 3.15. The van der Waals surface area contributed by atoms with E-state index in [1.165, 1.54) is 11.0 Å². The summed E-state index contributed by atoms with van der Waals surface area (Å²) in [5, 5.41) is 2.65. The van der Waals surface area contributed by atoms with Crippen molar-refractivity contribution >= 4 is 11.8 Å². The Balaban J connectivity index is 1.89. The van der Waals surface area contributed by atoms with Gasteiger partial charge in [0.2, 0.25) is 5.91 Å². The molecule has 1 fully saturated rings. The smallest absolute Gasteiger partial charge is 0.261 e. The number of aromatic nitrogens is 1. The van der Waals surface area contributed by atoms with Gasteiger partial charge in [-0.05, 0) is 30.7 Å². The summed E-state index contributed by atoms with van der Waals surface area (Å²) >= 11 is 0. The van der Waals surface area contributed by atoms with Crippen LogP contribution in [0.4, 0.5) is 0 Å². The highest BCUT2D eigenvalue weighted by Crippen LogP contribution is 2.17. The van der Waals surface area contributed by atoms with Crippen LogP contribution in [0.3, 0.4) is 0 Å². The molecule has 2 heterocycles. The third-order valence-electron chi connectivity index (χ3n) is 3.79. The molecular weight excluding hydrogens is 294 g/mol. The topological polar surface area (TPSA) is 82.3 Å². The zero-order valence-electron chi connectivity index (χ0n) is 12.8. The Hall–Kier alpha value is -2.89. The van der Waals surface area contributed by atoms with Crippen LogP contribution in [0.25, 0.3) is 11.3 Å². The third-order valence-corrected chi connectivity index (χ3v) is 3.79. The van der Waals surface area contributed by atoms with Crippen LogP contribution in [0.15, 0.2) is 41.2 Å². The summed E-state index contributed by atoms with van der Waals surface area (Å²) in [5.41, 5.74) is 2.24. The van der Waals surface area contributed by atoms with Crippen LogP contribution >= 0.6 is 0 Å². The van der Waals surface area contributed by atoms with Crippen LogP contribution in [-0.4, -0.2) is 41.3 Å². The number of hydrogen-bond acceptors (Lipinski definition) is 3. The van der Waals surface area contributed by atoms with Gasteiger partial charge in [0.1, 0.15) is 5.56 Å². The largest absolute Gasteiger partial charge is 0.353 e. The van der Waals surface area contributed by atoms with E-state index in [0.717, 1.165) is 11.1 Å². The summed E-state index contributed by atoms with van der Waals surface area (Å²) in [5.74, 6) is -0.630. The molecular formula is C17H17N3O3. The van der Waals surface area contributed by atoms with Crippen LogP contribution in [0.2, 0.25) is 0 Å². The Kier molecular flexibility index (Phi) is 3.97. The monoisotopic (exact) mass is 311 g/mol. The Morgan fingerprint density at radius 2 is 2.00 bits per heavy atom. The molecule has 3 rings (SSSR count). The van der Waals surface area contributed by atoms with Gasteiger partial charge >= 0.3 is 0 Å². The number of nitrogens with zero attached hydrogens (tertiary/aromatic N) is 1. The lowest BCUT2D eigenvalue weighted by atomic mass is 10.1. The van der Waals surface area contributed by atoms with Gasteiger partial charge in [0.25, 0.3) is 11.5 Å². The molecule has 2 aromatic rings. The van der Waals surface area contributed by atoms with Gasteiger partial charge in [-0.3, -0.25) is 14.4 Å². The highest BCUT2D eigenvalue weighted by molar-refractivity contribution is 5.97. The predicted octanol–water partition coefficient (Wildman–Crippen LogP) is 0.922. The van der Waals surface area contributed by atoms with Gasteiger partial charge in [-0.25, -0.2) is 0 Å². The van der Waals surface area contributed by atoms with Gasteiger partial charge in [-0.1, -0.05) is 23.8 Å². The number of amides is 2. The number of hydrogen-bond donors (Lipinski definition) is 2. The molecule has 2 N–H and O–H groups in total. The maximum absolute atomic E-state index is 12.4. The first-order chi connectivity index (χ1) is 11.0. The SMILES string of the molecule is Cc1cccc(-c2ccc(C(=O)N3CCNC(=O)C3)c(=O)[nH]2)c1. The molecule has 1 saturated heterocycles.